The average Bonchev–Trinajstić information content (AvgIpc) is 2.78. The Kier molecular flexibility index (Phi) is 5.13. The summed E-state index contributed by atoms with van der Waals surface area (Å²) in [5.41, 5.74) is 0. The van der Waals surface area contributed by atoms with E-state index in [0.717, 1.165) is 50.1 Å². The van der Waals surface area contributed by atoms with Gasteiger partial charge in [-0.05, 0) is 45.3 Å². The molecule has 0 bridgehead atoms. The lowest BCUT2D eigenvalue weighted by Crippen LogP contribution is -2.36. The fourth-order valence-corrected chi connectivity index (χ4v) is 2.50. The number of rotatable bonds is 6. The molecule has 0 radical (unpaired) electrons. The maximum Gasteiger partial charge on any atom is 0.226 e. The summed E-state index contributed by atoms with van der Waals surface area (Å²) in [4.78, 5) is 6.69. The lowest BCUT2D eigenvalue weighted by Gasteiger charge is -2.26. The summed E-state index contributed by atoms with van der Waals surface area (Å²) in [6, 6.07) is 0. The van der Waals surface area contributed by atoms with Gasteiger partial charge in [-0.15, -0.1) is 0 Å². The maximum atomic E-state index is 5.20. The Morgan fingerprint density at radius 3 is 3.11 bits per heavy atom. The molecule has 1 atom stereocenters. The van der Waals surface area contributed by atoms with Crippen molar-refractivity contribution >= 4 is 0 Å². The first-order chi connectivity index (χ1) is 8.78. The first-order valence-corrected chi connectivity index (χ1v) is 6.98. The molecule has 5 heteroatoms. The molecule has 102 valence electrons. The molecule has 0 aromatic carbocycles. The molecule has 5 nitrogen and oxygen atoms in total. The zero-order chi connectivity index (χ0) is 12.8. The van der Waals surface area contributed by atoms with Crippen molar-refractivity contribution in [1.82, 2.24) is 20.4 Å². The first-order valence-electron chi connectivity index (χ1n) is 6.98. The highest BCUT2D eigenvalue weighted by Gasteiger charge is 2.16. The van der Waals surface area contributed by atoms with Gasteiger partial charge in [0.1, 0.15) is 0 Å². The molecule has 18 heavy (non-hydrogen) atoms. The van der Waals surface area contributed by atoms with Crippen LogP contribution >= 0.6 is 0 Å². The van der Waals surface area contributed by atoms with Crippen LogP contribution in [0.3, 0.4) is 0 Å². The van der Waals surface area contributed by atoms with Gasteiger partial charge in [-0.1, -0.05) is 12.1 Å². The van der Waals surface area contributed by atoms with Crippen LogP contribution in [0.15, 0.2) is 4.52 Å². The molecule has 1 aromatic rings. The molecule has 2 rings (SSSR count). The third-order valence-corrected chi connectivity index (χ3v) is 3.35. The van der Waals surface area contributed by atoms with Crippen molar-refractivity contribution in [3.8, 4) is 0 Å². The van der Waals surface area contributed by atoms with Gasteiger partial charge in [-0.25, -0.2) is 0 Å². The Hall–Kier alpha value is -0.940. The number of piperidine rings is 1. The Morgan fingerprint density at radius 2 is 2.39 bits per heavy atom. The van der Waals surface area contributed by atoms with Gasteiger partial charge in [0.2, 0.25) is 5.89 Å². The van der Waals surface area contributed by atoms with E-state index in [1.807, 2.05) is 0 Å². The molecule has 0 saturated carbocycles. The van der Waals surface area contributed by atoms with Gasteiger partial charge in [0.25, 0.3) is 0 Å². The standard InChI is InChI=1S/C13H24N4O/c1-3-5-13-15-12(16-18-13)10-17(2)9-11-6-4-7-14-8-11/h11,14H,3-10H2,1-2H3. The molecule has 0 spiro atoms. The van der Waals surface area contributed by atoms with Crippen molar-refractivity contribution in [1.29, 1.82) is 0 Å². The van der Waals surface area contributed by atoms with Crippen LogP contribution in [-0.4, -0.2) is 41.7 Å². The van der Waals surface area contributed by atoms with Crippen molar-refractivity contribution in [2.24, 2.45) is 5.92 Å². The van der Waals surface area contributed by atoms with E-state index in [4.69, 9.17) is 4.52 Å². The molecule has 1 N–H and O–H groups in total. The first kappa shape index (κ1) is 13.5. The summed E-state index contributed by atoms with van der Waals surface area (Å²) in [6.45, 7) is 6.31. The predicted octanol–water partition coefficient (Wildman–Crippen LogP) is 1.45. The van der Waals surface area contributed by atoms with Gasteiger partial charge in [0.05, 0.1) is 6.54 Å². The van der Waals surface area contributed by atoms with Crippen LogP contribution < -0.4 is 5.32 Å². The quantitative estimate of drug-likeness (QED) is 0.830. The summed E-state index contributed by atoms with van der Waals surface area (Å²) in [6.07, 6.45) is 4.54. The van der Waals surface area contributed by atoms with Crippen molar-refractivity contribution in [2.45, 2.75) is 39.2 Å². The van der Waals surface area contributed by atoms with E-state index >= 15 is 0 Å². The lowest BCUT2D eigenvalue weighted by molar-refractivity contribution is 0.231. The molecule has 1 aliphatic heterocycles. The number of nitrogens with one attached hydrogen (secondary N) is 1. The van der Waals surface area contributed by atoms with Crippen LogP contribution in [0.5, 0.6) is 0 Å². The van der Waals surface area contributed by atoms with Gasteiger partial charge in [0.15, 0.2) is 5.82 Å². The topological polar surface area (TPSA) is 54.2 Å². The second kappa shape index (κ2) is 6.85. The third-order valence-electron chi connectivity index (χ3n) is 3.35. The molecule has 1 saturated heterocycles. The number of hydrogen-bond donors (Lipinski definition) is 1. The lowest BCUT2D eigenvalue weighted by atomic mass is 9.99. The van der Waals surface area contributed by atoms with Crippen molar-refractivity contribution in [2.75, 3.05) is 26.7 Å². The molecule has 0 aliphatic carbocycles. The third kappa shape index (κ3) is 4.07. The summed E-state index contributed by atoms with van der Waals surface area (Å²) >= 11 is 0. The van der Waals surface area contributed by atoms with Gasteiger partial charge < -0.3 is 9.84 Å². The number of nitrogens with zero attached hydrogens (tertiary/aromatic N) is 3. The minimum absolute atomic E-state index is 0.755. The van der Waals surface area contributed by atoms with E-state index < -0.39 is 0 Å². The largest absolute Gasteiger partial charge is 0.339 e. The normalized spacial score (nSPS) is 20.5. The average molecular weight is 252 g/mol. The van der Waals surface area contributed by atoms with Crippen molar-refractivity contribution in [3.63, 3.8) is 0 Å². The highest BCUT2D eigenvalue weighted by Crippen LogP contribution is 2.12. The van der Waals surface area contributed by atoms with E-state index in [0.29, 0.717) is 0 Å². The van der Waals surface area contributed by atoms with Crippen LogP contribution in [-0.2, 0) is 13.0 Å². The van der Waals surface area contributed by atoms with Crippen LogP contribution in [0.25, 0.3) is 0 Å². The molecule has 2 heterocycles. The van der Waals surface area contributed by atoms with Crippen LogP contribution in [0, 0.1) is 5.92 Å². The Morgan fingerprint density at radius 1 is 1.50 bits per heavy atom. The summed E-state index contributed by atoms with van der Waals surface area (Å²) in [5, 5.41) is 7.47. The predicted molar refractivity (Wildman–Crippen MR) is 70.2 cm³/mol. The van der Waals surface area contributed by atoms with E-state index in [1.54, 1.807) is 0 Å². The van der Waals surface area contributed by atoms with E-state index in [1.165, 1.54) is 19.4 Å². The second-order valence-electron chi connectivity index (χ2n) is 5.26. The number of hydrogen-bond acceptors (Lipinski definition) is 5. The van der Waals surface area contributed by atoms with Crippen molar-refractivity contribution < 1.29 is 4.52 Å². The molecule has 0 amide bonds. The fourth-order valence-electron chi connectivity index (χ4n) is 2.50. The SMILES string of the molecule is CCCc1nc(CN(C)CC2CCCNC2)no1. The van der Waals surface area contributed by atoms with Crippen LogP contribution in [0.2, 0.25) is 0 Å². The highest BCUT2D eigenvalue weighted by atomic mass is 16.5. The maximum absolute atomic E-state index is 5.20. The summed E-state index contributed by atoms with van der Waals surface area (Å²) in [5.74, 6) is 2.33. The molecular weight excluding hydrogens is 228 g/mol. The molecule has 1 aliphatic rings. The molecule has 1 fully saturated rings. The number of aromatic nitrogens is 2. The van der Waals surface area contributed by atoms with E-state index in [2.05, 4.69) is 34.3 Å². The fraction of sp³-hybridized carbons (Fsp3) is 0.846. The van der Waals surface area contributed by atoms with Gasteiger partial charge >= 0.3 is 0 Å². The Labute approximate surface area is 109 Å². The zero-order valence-electron chi connectivity index (χ0n) is 11.5. The molecule has 1 aromatic heterocycles. The molecule has 1 unspecified atom stereocenters. The van der Waals surface area contributed by atoms with Gasteiger partial charge in [-0.3, -0.25) is 4.90 Å². The van der Waals surface area contributed by atoms with Crippen molar-refractivity contribution in [3.05, 3.63) is 11.7 Å². The Balaban J connectivity index is 1.76. The monoisotopic (exact) mass is 252 g/mol. The Bertz CT molecular complexity index is 347. The van der Waals surface area contributed by atoms with E-state index in [9.17, 15) is 0 Å². The van der Waals surface area contributed by atoms with Crippen LogP contribution in [0.4, 0.5) is 0 Å². The minimum Gasteiger partial charge on any atom is -0.339 e. The smallest absolute Gasteiger partial charge is 0.226 e. The van der Waals surface area contributed by atoms with Crippen LogP contribution in [0.1, 0.15) is 37.9 Å². The summed E-state index contributed by atoms with van der Waals surface area (Å²) < 4.78 is 5.20. The minimum atomic E-state index is 0.755. The highest BCUT2D eigenvalue weighted by molar-refractivity contribution is 4.86. The second-order valence-corrected chi connectivity index (χ2v) is 5.26. The zero-order valence-corrected chi connectivity index (χ0v) is 11.5. The summed E-state index contributed by atoms with van der Waals surface area (Å²) in [7, 11) is 2.13. The van der Waals surface area contributed by atoms with Gasteiger partial charge in [0, 0.05) is 13.0 Å². The number of aryl methyl sites for hydroxylation is 1. The van der Waals surface area contributed by atoms with E-state index in [-0.39, 0.29) is 0 Å². The van der Waals surface area contributed by atoms with Gasteiger partial charge in [-0.2, -0.15) is 4.98 Å². The molecular formula is C13H24N4O.